The smallest absolute Gasteiger partial charge is 0.179 e. The zero-order chi connectivity index (χ0) is 10.7. The third kappa shape index (κ3) is 1.62. The zero-order valence-electron chi connectivity index (χ0n) is 7.31. The minimum absolute atomic E-state index is 0.136. The predicted molar refractivity (Wildman–Crippen MR) is 45.7 cm³/mol. The van der Waals surface area contributed by atoms with E-state index in [-0.39, 0.29) is 5.56 Å². The zero-order valence-corrected chi connectivity index (χ0v) is 7.31. The quantitative estimate of drug-likeness (QED) is 0.635. The highest BCUT2D eigenvalue weighted by Crippen LogP contribution is 2.20. The number of benzene rings is 1. The predicted octanol–water partition coefficient (Wildman–Crippen LogP) is 3.01. The molecule has 4 heteroatoms. The molecule has 0 aliphatic carbocycles. The molecule has 1 aromatic carbocycles. The Morgan fingerprint density at radius 3 is 2.43 bits per heavy atom. The Bertz CT molecular complexity index is 430. The molecule has 0 unspecified atom stereocenters. The van der Waals surface area contributed by atoms with Gasteiger partial charge in [0.25, 0.3) is 0 Å². The van der Waals surface area contributed by atoms with Crippen molar-refractivity contribution in [2.24, 2.45) is 0 Å². The molecule has 0 radical (unpaired) electrons. The lowest BCUT2D eigenvalue weighted by molar-refractivity contribution is 0.490. The minimum Gasteiger partial charge on any atom is -0.205 e. The second-order valence-corrected chi connectivity index (χ2v) is 2.56. The van der Waals surface area contributed by atoms with Gasteiger partial charge in [0.15, 0.2) is 17.5 Å². The highest BCUT2D eigenvalue weighted by Gasteiger charge is 2.16. The summed E-state index contributed by atoms with van der Waals surface area (Å²) in [5, 5.41) is 8.40. The summed E-state index contributed by atoms with van der Waals surface area (Å²) in [6.07, 6.45) is 2.73. The van der Waals surface area contributed by atoms with Gasteiger partial charge in [-0.1, -0.05) is 12.2 Å². The Morgan fingerprint density at radius 2 is 1.93 bits per heavy atom. The maximum absolute atomic E-state index is 13.2. The van der Waals surface area contributed by atoms with E-state index >= 15 is 0 Å². The molecule has 0 bridgehead atoms. The van der Waals surface area contributed by atoms with Crippen molar-refractivity contribution < 1.29 is 13.2 Å². The lowest BCUT2D eigenvalue weighted by Gasteiger charge is -2.01. The van der Waals surface area contributed by atoms with E-state index in [2.05, 4.69) is 0 Å². The number of hydrogen-bond acceptors (Lipinski definition) is 1. The third-order valence-electron chi connectivity index (χ3n) is 1.64. The van der Waals surface area contributed by atoms with Gasteiger partial charge in [0, 0.05) is 5.56 Å². The van der Waals surface area contributed by atoms with Crippen molar-refractivity contribution in [3.05, 3.63) is 40.7 Å². The van der Waals surface area contributed by atoms with E-state index in [9.17, 15) is 13.2 Å². The molecule has 0 aromatic heterocycles. The van der Waals surface area contributed by atoms with Crippen molar-refractivity contribution in [1.29, 1.82) is 5.26 Å². The van der Waals surface area contributed by atoms with Gasteiger partial charge >= 0.3 is 0 Å². The van der Waals surface area contributed by atoms with Gasteiger partial charge in [0.05, 0.1) is 0 Å². The minimum atomic E-state index is -1.45. The van der Waals surface area contributed by atoms with Crippen molar-refractivity contribution in [2.75, 3.05) is 0 Å². The summed E-state index contributed by atoms with van der Waals surface area (Å²) in [5.41, 5.74) is -1.03. The molecule has 1 aromatic rings. The Kier molecular flexibility index (Phi) is 2.92. The van der Waals surface area contributed by atoms with Crippen LogP contribution >= 0.6 is 0 Å². The van der Waals surface area contributed by atoms with Crippen LogP contribution in [0, 0.1) is 28.8 Å². The van der Waals surface area contributed by atoms with E-state index in [1.807, 2.05) is 0 Å². The van der Waals surface area contributed by atoms with Gasteiger partial charge in [-0.2, -0.15) is 5.26 Å². The Balaban J connectivity index is 3.52. The summed E-state index contributed by atoms with van der Waals surface area (Å²) in [4.78, 5) is 0. The van der Waals surface area contributed by atoms with Crippen molar-refractivity contribution >= 4 is 6.08 Å². The van der Waals surface area contributed by atoms with Crippen LogP contribution in [-0.4, -0.2) is 0 Å². The second-order valence-electron chi connectivity index (χ2n) is 2.56. The number of nitriles is 1. The summed E-state index contributed by atoms with van der Waals surface area (Å²) in [7, 11) is 0. The van der Waals surface area contributed by atoms with Crippen LogP contribution in [0.4, 0.5) is 13.2 Å². The highest BCUT2D eigenvalue weighted by atomic mass is 19.2. The molecule has 72 valence electrons. The molecule has 0 heterocycles. The van der Waals surface area contributed by atoms with Crippen LogP contribution < -0.4 is 0 Å². The summed E-state index contributed by atoms with van der Waals surface area (Å²) in [5.74, 6) is -3.71. The summed E-state index contributed by atoms with van der Waals surface area (Å²) in [6.45, 7) is 1.60. The molecule has 0 spiro atoms. The van der Waals surface area contributed by atoms with E-state index < -0.39 is 23.0 Å². The normalized spacial score (nSPS) is 10.5. The highest BCUT2D eigenvalue weighted by molar-refractivity contribution is 5.53. The van der Waals surface area contributed by atoms with E-state index in [1.54, 1.807) is 6.92 Å². The SMILES string of the molecule is C/C=C/c1cc(F)c(F)c(C#N)c1F. The number of nitrogens with zero attached hydrogens (tertiary/aromatic N) is 1. The number of allylic oxidation sites excluding steroid dienone is 1. The average molecular weight is 197 g/mol. The Hall–Kier alpha value is -1.76. The molecule has 0 fully saturated rings. The fourth-order valence-electron chi connectivity index (χ4n) is 1.02. The Labute approximate surface area is 79.1 Å². The molecule has 0 atom stereocenters. The van der Waals surface area contributed by atoms with E-state index in [0.717, 1.165) is 0 Å². The number of halogens is 3. The molecule has 0 saturated carbocycles. The topological polar surface area (TPSA) is 23.8 Å². The van der Waals surface area contributed by atoms with Crippen LogP contribution in [0.25, 0.3) is 6.08 Å². The van der Waals surface area contributed by atoms with Crippen LogP contribution in [0.5, 0.6) is 0 Å². The average Bonchev–Trinajstić information content (AvgIpc) is 2.16. The van der Waals surface area contributed by atoms with E-state index in [0.29, 0.717) is 6.07 Å². The molecule has 0 aliphatic rings. The van der Waals surface area contributed by atoms with Gasteiger partial charge in [0.1, 0.15) is 11.6 Å². The lowest BCUT2D eigenvalue weighted by atomic mass is 10.1. The van der Waals surface area contributed by atoms with Crippen molar-refractivity contribution in [2.45, 2.75) is 6.92 Å². The van der Waals surface area contributed by atoms with Crippen LogP contribution in [0.2, 0.25) is 0 Å². The molecule has 1 nitrogen and oxygen atoms in total. The standard InChI is InChI=1S/C10H6F3N/c1-2-3-6-4-8(11)10(13)7(5-14)9(6)12/h2-4H,1H3/b3-2+. The van der Waals surface area contributed by atoms with E-state index in [4.69, 9.17) is 5.26 Å². The first-order valence-electron chi connectivity index (χ1n) is 3.82. The van der Waals surface area contributed by atoms with Crippen molar-refractivity contribution in [1.82, 2.24) is 0 Å². The van der Waals surface area contributed by atoms with Crippen LogP contribution in [-0.2, 0) is 0 Å². The molecule has 0 saturated heterocycles. The van der Waals surface area contributed by atoms with Gasteiger partial charge < -0.3 is 0 Å². The number of hydrogen-bond donors (Lipinski definition) is 0. The maximum atomic E-state index is 13.2. The van der Waals surface area contributed by atoms with Gasteiger partial charge in [-0.05, 0) is 13.0 Å². The molecular formula is C10H6F3N. The molecule has 0 N–H and O–H groups in total. The first kappa shape index (κ1) is 10.3. The van der Waals surface area contributed by atoms with Crippen molar-refractivity contribution in [3.8, 4) is 6.07 Å². The fourth-order valence-corrected chi connectivity index (χ4v) is 1.02. The maximum Gasteiger partial charge on any atom is 0.179 e. The largest absolute Gasteiger partial charge is 0.205 e. The Morgan fingerprint density at radius 1 is 1.29 bits per heavy atom. The van der Waals surface area contributed by atoms with Crippen molar-refractivity contribution in [3.63, 3.8) is 0 Å². The molecule has 14 heavy (non-hydrogen) atoms. The molecular weight excluding hydrogens is 191 g/mol. The fraction of sp³-hybridized carbons (Fsp3) is 0.100. The summed E-state index contributed by atoms with van der Waals surface area (Å²) in [6, 6.07) is 1.99. The van der Waals surface area contributed by atoms with Gasteiger partial charge in [-0.15, -0.1) is 0 Å². The van der Waals surface area contributed by atoms with Gasteiger partial charge in [-0.25, -0.2) is 13.2 Å². The summed E-state index contributed by atoms with van der Waals surface area (Å²) >= 11 is 0. The third-order valence-corrected chi connectivity index (χ3v) is 1.64. The van der Waals surface area contributed by atoms with Crippen LogP contribution in [0.1, 0.15) is 18.1 Å². The second kappa shape index (κ2) is 3.97. The van der Waals surface area contributed by atoms with Gasteiger partial charge in [-0.3, -0.25) is 0 Å². The molecule has 1 rings (SSSR count). The first-order chi connectivity index (χ1) is 6.61. The first-order valence-corrected chi connectivity index (χ1v) is 3.82. The lowest BCUT2D eigenvalue weighted by Crippen LogP contribution is -1.97. The monoisotopic (exact) mass is 197 g/mol. The number of rotatable bonds is 1. The van der Waals surface area contributed by atoms with Crippen LogP contribution in [0.3, 0.4) is 0 Å². The molecule has 0 aliphatic heterocycles. The summed E-state index contributed by atoms with van der Waals surface area (Å²) < 4.78 is 38.8. The van der Waals surface area contributed by atoms with Gasteiger partial charge in [0.2, 0.25) is 0 Å². The van der Waals surface area contributed by atoms with Crippen LogP contribution in [0.15, 0.2) is 12.1 Å². The van der Waals surface area contributed by atoms with E-state index in [1.165, 1.54) is 18.2 Å². The molecule has 0 amide bonds.